The Morgan fingerprint density at radius 1 is 1.26 bits per heavy atom. The quantitative estimate of drug-likeness (QED) is 0.883. The predicted molar refractivity (Wildman–Crippen MR) is 76.4 cm³/mol. The zero-order valence-corrected chi connectivity index (χ0v) is 11.1. The van der Waals surface area contributed by atoms with Gasteiger partial charge in [0, 0.05) is 12.0 Å². The van der Waals surface area contributed by atoms with Crippen molar-refractivity contribution in [2.75, 3.05) is 20.3 Å². The van der Waals surface area contributed by atoms with Crippen molar-refractivity contribution in [2.24, 2.45) is 11.1 Å². The summed E-state index contributed by atoms with van der Waals surface area (Å²) in [5, 5.41) is 11.8. The summed E-state index contributed by atoms with van der Waals surface area (Å²) in [5.41, 5.74) is 6.97. The highest BCUT2D eigenvalue weighted by atomic mass is 16.5. The van der Waals surface area contributed by atoms with E-state index in [9.17, 15) is 5.11 Å². The second-order valence-electron chi connectivity index (χ2n) is 5.45. The van der Waals surface area contributed by atoms with Crippen LogP contribution in [0.1, 0.15) is 17.9 Å². The first-order valence-electron chi connectivity index (χ1n) is 6.61. The summed E-state index contributed by atoms with van der Waals surface area (Å²) in [5.74, 6) is 1.27. The maximum absolute atomic E-state index is 9.47. The van der Waals surface area contributed by atoms with Crippen LogP contribution in [-0.2, 0) is 0 Å². The molecule has 19 heavy (non-hydrogen) atoms. The topological polar surface area (TPSA) is 55.5 Å². The van der Waals surface area contributed by atoms with Crippen molar-refractivity contribution in [1.29, 1.82) is 0 Å². The van der Waals surface area contributed by atoms with Crippen molar-refractivity contribution in [1.82, 2.24) is 0 Å². The normalized spacial score (nSPS) is 25.5. The first kappa shape index (κ1) is 12.5. The van der Waals surface area contributed by atoms with E-state index >= 15 is 0 Å². The SMILES string of the molecule is COc1ccc2cc(C3CC3(CN)CO)ccc2c1. The number of rotatable bonds is 4. The molecule has 0 saturated heterocycles. The van der Waals surface area contributed by atoms with E-state index in [0.717, 1.165) is 12.2 Å². The Morgan fingerprint density at radius 3 is 2.63 bits per heavy atom. The van der Waals surface area contributed by atoms with Crippen LogP contribution in [-0.4, -0.2) is 25.4 Å². The van der Waals surface area contributed by atoms with E-state index in [-0.39, 0.29) is 12.0 Å². The summed E-state index contributed by atoms with van der Waals surface area (Å²) < 4.78 is 5.23. The summed E-state index contributed by atoms with van der Waals surface area (Å²) in [6.07, 6.45) is 0.988. The van der Waals surface area contributed by atoms with Gasteiger partial charge >= 0.3 is 0 Å². The number of ether oxygens (including phenoxy) is 1. The number of nitrogens with two attached hydrogens (primary N) is 1. The highest BCUT2D eigenvalue weighted by Crippen LogP contribution is 2.58. The molecule has 3 rings (SSSR count). The molecule has 1 saturated carbocycles. The fourth-order valence-electron chi connectivity index (χ4n) is 2.87. The molecule has 1 fully saturated rings. The van der Waals surface area contributed by atoms with Gasteiger partial charge in [0.1, 0.15) is 5.75 Å². The van der Waals surface area contributed by atoms with E-state index in [2.05, 4.69) is 24.3 Å². The van der Waals surface area contributed by atoms with Gasteiger partial charge in [0.05, 0.1) is 13.7 Å². The second kappa shape index (κ2) is 4.51. The summed E-state index contributed by atoms with van der Waals surface area (Å²) in [4.78, 5) is 0. The van der Waals surface area contributed by atoms with Crippen molar-refractivity contribution in [3.63, 3.8) is 0 Å². The molecule has 2 aromatic rings. The van der Waals surface area contributed by atoms with Crippen molar-refractivity contribution in [3.8, 4) is 5.75 Å². The van der Waals surface area contributed by atoms with E-state index in [0.29, 0.717) is 12.5 Å². The number of hydrogen-bond donors (Lipinski definition) is 2. The van der Waals surface area contributed by atoms with Crippen LogP contribution >= 0.6 is 0 Å². The van der Waals surface area contributed by atoms with Crippen molar-refractivity contribution in [3.05, 3.63) is 42.0 Å². The molecule has 0 radical (unpaired) electrons. The van der Waals surface area contributed by atoms with Crippen LogP contribution in [0.2, 0.25) is 0 Å². The molecule has 0 amide bonds. The lowest BCUT2D eigenvalue weighted by Crippen LogP contribution is -2.21. The molecule has 2 atom stereocenters. The Hall–Kier alpha value is -1.58. The third-order valence-corrected chi connectivity index (χ3v) is 4.38. The fourth-order valence-corrected chi connectivity index (χ4v) is 2.87. The standard InChI is InChI=1S/C16H19NO2/c1-19-14-5-4-11-6-13(3-2-12(11)7-14)15-8-16(15,9-17)10-18/h2-7,15,18H,8-10,17H2,1H3. The minimum atomic E-state index is -0.0832. The minimum Gasteiger partial charge on any atom is -0.497 e. The molecule has 3 nitrogen and oxygen atoms in total. The van der Waals surface area contributed by atoms with Gasteiger partial charge in [-0.3, -0.25) is 0 Å². The fraction of sp³-hybridized carbons (Fsp3) is 0.375. The largest absolute Gasteiger partial charge is 0.497 e. The van der Waals surface area contributed by atoms with E-state index in [1.54, 1.807) is 7.11 Å². The molecular formula is C16H19NO2. The van der Waals surface area contributed by atoms with Gasteiger partial charge in [0.25, 0.3) is 0 Å². The van der Waals surface area contributed by atoms with Crippen molar-refractivity contribution in [2.45, 2.75) is 12.3 Å². The first-order chi connectivity index (χ1) is 9.22. The van der Waals surface area contributed by atoms with Gasteiger partial charge in [-0.15, -0.1) is 0 Å². The smallest absolute Gasteiger partial charge is 0.119 e. The average molecular weight is 257 g/mol. The molecule has 0 bridgehead atoms. The number of aliphatic hydroxyl groups excluding tert-OH is 1. The van der Waals surface area contributed by atoms with Crippen LogP contribution < -0.4 is 10.5 Å². The maximum Gasteiger partial charge on any atom is 0.119 e. The molecule has 3 heteroatoms. The van der Waals surface area contributed by atoms with E-state index in [4.69, 9.17) is 10.5 Å². The van der Waals surface area contributed by atoms with Crippen LogP contribution in [0.25, 0.3) is 10.8 Å². The molecule has 2 unspecified atom stereocenters. The highest BCUT2D eigenvalue weighted by molar-refractivity contribution is 5.84. The van der Waals surface area contributed by atoms with E-state index in [1.807, 2.05) is 12.1 Å². The Labute approximate surface area is 113 Å². The molecule has 1 aliphatic rings. The zero-order chi connectivity index (χ0) is 13.5. The third kappa shape index (κ3) is 1.99. The molecule has 3 N–H and O–H groups in total. The molecule has 0 heterocycles. The Balaban J connectivity index is 1.95. The lowest BCUT2D eigenvalue weighted by molar-refractivity contribution is 0.211. The number of hydrogen-bond acceptors (Lipinski definition) is 3. The highest BCUT2D eigenvalue weighted by Gasteiger charge is 2.53. The lowest BCUT2D eigenvalue weighted by atomic mass is 9.97. The molecule has 0 spiro atoms. The van der Waals surface area contributed by atoms with E-state index in [1.165, 1.54) is 16.3 Å². The summed E-state index contributed by atoms with van der Waals surface area (Å²) in [7, 11) is 1.68. The van der Waals surface area contributed by atoms with Gasteiger partial charge < -0.3 is 15.6 Å². The zero-order valence-electron chi connectivity index (χ0n) is 11.1. The van der Waals surface area contributed by atoms with Crippen molar-refractivity contribution >= 4 is 10.8 Å². The molecular weight excluding hydrogens is 238 g/mol. The van der Waals surface area contributed by atoms with Crippen LogP contribution in [0.5, 0.6) is 5.75 Å². The third-order valence-electron chi connectivity index (χ3n) is 4.38. The van der Waals surface area contributed by atoms with Gasteiger partial charge in [0.2, 0.25) is 0 Å². The van der Waals surface area contributed by atoms with Crippen LogP contribution in [0.4, 0.5) is 0 Å². The number of fused-ring (bicyclic) bond motifs is 1. The Kier molecular flexibility index (Phi) is 2.96. The average Bonchev–Trinajstić information content (AvgIpc) is 3.21. The van der Waals surface area contributed by atoms with Gasteiger partial charge in [0.15, 0.2) is 0 Å². The predicted octanol–water partition coefficient (Wildman–Crippen LogP) is 2.27. The lowest BCUT2D eigenvalue weighted by Gasteiger charge is -2.12. The van der Waals surface area contributed by atoms with Crippen LogP contribution in [0.3, 0.4) is 0 Å². The van der Waals surface area contributed by atoms with E-state index < -0.39 is 0 Å². The number of aliphatic hydroxyl groups is 1. The summed E-state index contributed by atoms with van der Waals surface area (Å²) in [6, 6.07) is 12.5. The number of benzene rings is 2. The Bertz CT molecular complexity index is 605. The first-order valence-corrected chi connectivity index (χ1v) is 6.61. The molecule has 0 aromatic heterocycles. The minimum absolute atomic E-state index is 0.0832. The molecule has 2 aromatic carbocycles. The van der Waals surface area contributed by atoms with Crippen LogP contribution in [0.15, 0.2) is 36.4 Å². The maximum atomic E-state index is 9.47. The van der Waals surface area contributed by atoms with Crippen LogP contribution in [0, 0.1) is 5.41 Å². The van der Waals surface area contributed by atoms with Gasteiger partial charge in [-0.05, 0) is 40.8 Å². The molecule has 100 valence electrons. The Morgan fingerprint density at radius 2 is 2.00 bits per heavy atom. The summed E-state index contributed by atoms with van der Waals surface area (Å²) >= 11 is 0. The monoisotopic (exact) mass is 257 g/mol. The number of methoxy groups -OCH3 is 1. The molecule has 1 aliphatic carbocycles. The van der Waals surface area contributed by atoms with Gasteiger partial charge in [-0.2, -0.15) is 0 Å². The van der Waals surface area contributed by atoms with Gasteiger partial charge in [-0.25, -0.2) is 0 Å². The molecule has 0 aliphatic heterocycles. The van der Waals surface area contributed by atoms with Gasteiger partial charge in [-0.1, -0.05) is 24.3 Å². The summed E-state index contributed by atoms with van der Waals surface area (Å²) in [6.45, 7) is 0.726. The van der Waals surface area contributed by atoms with Crippen molar-refractivity contribution < 1.29 is 9.84 Å². The second-order valence-corrected chi connectivity index (χ2v) is 5.45.